The SMILES string of the molecule is CC(C)(C)C1CCC(=C(C#N)C=O)CC1. The van der Waals surface area contributed by atoms with Crippen LogP contribution in [-0.2, 0) is 4.79 Å². The van der Waals surface area contributed by atoms with Crippen LogP contribution in [0.2, 0.25) is 0 Å². The minimum atomic E-state index is 0.347. The van der Waals surface area contributed by atoms with Crippen molar-refractivity contribution < 1.29 is 4.79 Å². The predicted molar refractivity (Wildman–Crippen MR) is 60.1 cm³/mol. The highest BCUT2D eigenvalue weighted by Crippen LogP contribution is 2.40. The zero-order valence-electron chi connectivity index (χ0n) is 9.84. The first kappa shape index (κ1) is 12.0. The van der Waals surface area contributed by atoms with Gasteiger partial charge in [-0.05, 0) is 42.6 Å². The van der Waals surface area contributed by atoms with Crippen LogP contribution in [0.4, 0.5) is 0 Å². The van der Waals surface area contributed by atoms with Gasteiger partial charge in [0.1, 0.15) is 6.07 Å². The standard InChI is InChI=1S/C13H19NO/c1-13(2,3)12-6-4-10(5-7-12)11(8-14)9-15/h9,12H,4-7H2,1-3H3. The number of nitriles is 1. The van der Waals surface area contributed by atoms with Crippen molar-refractivity contribution in [1.82, 2.24) is 0 Å². The number of rotatable bonds is 1. The van der Waals surface area contributed by atoms with Crippen LogP contribution < -0.4 is 0 Å². The van der Waals surface area contributed by atoms with E-state index in [-0.39, 0.29) is 0 Å². The molecule has 1 aliphatic rings. The quantitative estimate of drug-likeness (QED) is 0.374. The molecule has 0 spiro atoms. The molecule has 0 amide bonds. The lowest BCUT2D eigenvalue weighted by Crippen LogP contribution is -2.23. The van der Waals surface area contributed by atoms with E-state index in [2.05, 4.69) is 20.8 Å². The topological polar surface area (TPSA) is 40.9 Å². The fourth-order valence-electron chi connectivity index (χ4n) is 2.29. The lowest BCUT2D eigenvalue weighted by molar-refractivity contribution is -0.104. The zero-order valence-corrected chi connectivity index (χ0v) is 9.84. The maximum atomic E-state index is 10.6. The summed E-state index contributed by atoms with van der Waals surface area (Å²) in [6, 6.07) is 1.99. The van der Waals surface area contributed by atoms with E-state index in [0.717, 1.165) is 31.3 Å². The molecule has 1 fully saturated rings. The Balaban J connectivity index is 2.69. The van der Waals surface area contributed by atoms with Gasteiger partial charge in [0.2, 0.25) is 0 Å². The van der Waals surface area contributed by atoms with Gasteiger partial charge in [-0.25, -0.2) is 0 Å². The highest BCUT2D eigenvalue weighted by molar-refractivity contribution is 5.80. The van der Waals surface area contributed by atoms with Crippen molar-refractivity contribution in [3.8, 4) is 6.07 Å². The second kappa shape index (κ2) is 4.61. The largest absolute Gasteiger partial charge is 0.297 e. The maximum Gasteiger partial charge on any atom is 0.160 e. The Hall–Kier alpha value is -1.10. The minimum Gasteiger partial charge on any atom is -0.297 e. The van der Waals surface area contributed by atoms with Crippen molar-refractivity contribution in [2.75, 3.05) is 0 Å². The highest BCUT2D eigenvalue weighted by Gasteiger charge is 2.28. The number of aldehydes is 1. The molecule has 1 rings (SSSR count). The lowest BCUT2D eigenvalue weighted by Gasteiger charge is -2.34. The van der Waals surface area contributed by atoms with Gasteiger partial charge in [-0.2, -0.15) is 5.26 Å². The van der Waals surface area contributed by atoms with Gasteiger partial charge in [0.25, 0.3) is 0 Å². The molecule has 2 nitrogen and oxygen atoms in total. The van der Waals surface area contributed by atoms with Crippen molar-refractivity contribution in [2.45, 2.75) is 46.5 Å². The Morgan fingerprint density at radius 2 is 1.93 bits per heavy atom. The van der Waals surface area contributed by atoms with Crippen LogP contribution >= 0.6 is 0 Å². The summed E-state index contributed by atoms with van der Waals surface area (Å²) in [5.74, 6) is 0.716. The molecular weight excluding hydrogens is 186 g/mol. The third-order valence-corrected chi connectivity index (χ3v) is 3.43. The third kappa shape index (κ3) is 2.92. The van der Waals surface area contributed by atoms with Gasteiger partial charge in [-0.1, -0.05) is 20.8 Å². The molecule has 1 aliphatic carbocycles. The average Bonchev–Trinajstić information content (AvgIpc) is 2.19. The number of carbonyl (C=O) groups is 1. The van der Waals surface area contributed by atoms with E-state index < -0.39 is 0 Å². The average molecular weight is 205 g/mol. The molecule has 0 unspecified atom stereocenters. The summed E-state index contributed by atoms with van der Waals surface area (Å²) in [6.45, 7) is 6.78. The molecule has 0 N–H and O–H groups in total. The van der Waals surface area contributed by atoms with Gasteiger partial charge in [0.05, 0.1) is 5.57 Å². The highest BCUT2D eigenvalue weighted by atomic mass is 16.1. The number of carbonyl (C=O) groups excluding carboxylic acids is 1. The van der Waals surface area contributed by atoms with Crippen molar-refractivity contribution in [3.63, 3.8) is 0 Å². The molecule has 1 saturated carbocycles. The van der Waals surface area contributed by atoms with Gasteiger partial charge in [0, 0.05) is 0 Å². The normalized spacial score (nSPS) is 22.0. The molecule has 15 heavy (non-hydrogen) atoms. The molecule has 0 saturated heterocycles. The molecule has 0 heterocycles. The van der Waals surface area contributed by atoms with Crippen LogP contribution in [-0.4, -0.2) is 6.29 Å². The zero-order chi connectivity index (χ0) is 11.5. The summed E-state index contributed by atoms with van der Waals surface area (Å²) >= 11 is 0. The maximum absolute atomic E-state index is 10.6. The van der Waals surface area contributed by atoms with E-state index in [0.29, 0.717) is 23.2 Å². The second-order valence-corrected chi connectivity index (χ2v) is 5.39. The molecule has 0 aromatic carbocycles. The summed E-state index contributed by atoms with van der Waals surface area (Å²) in [4.78, 5) is 10.6. The van der Waals surface area contributed by atoms with Crippen molar-refractivity contribution in [3.05, 3.63) is 11.1 Å². The van der Waals surface area contributed by atoms with Gasteiger partial charge in [-0.3, -0.25) is 4.79 Å². The number of hydrogen-bond donors (Lipinski definition) is 0. The van der Waals surface area contributed by atoms with E-state index in [1.807, 2.05) is 6.07 Å². The molecule has 0 aromatic heterocycles. The van der Waals surface area contributed by atoms with E-state index in [4.69, 9.17) is 5.26 Å². The third-order valence-electron chi connectivity index (χ3n) is 3.43. The van der Waals surface area contributed by atoms with E-state index >= 15 is 0 Å². The Bertz CT molecular complexity index is 304. The van der Waals surface area contributed by atoms with E-state index in [9.17, 15) is 4.79 Å². The first-order valence-corrected chi connectivity index (χ1v) is 5.56. The van der Waals surface area contributed by atoms with Gasteiger partial charge in [0.15, 0.2) is 6.29 Å². The smallest absolute Gasteiger partial charge is 0.160 e. The Labute approximate surface area is 92.0 Å². The summed E-state index contributed by atoms with van der Waals surface area (Å²) in [6.07, 6.45) is 4.76. The first-order valence-electron chi connectivity index (χ1n) is 5.56. The molecule has 0 aliphatic heterocycles. The van der Waals surface area contributed by atoms with Gasteiger partial charge >= 0.3 is 0 Å². The molecule has 0 radical (unpaired) electrons. The molecule has 0 atom stereocenters. The Morgan fingerprint density at radius 3 is 2.27 bits per heavy atom. The summed E-state index contributed by atoms with van der Waals surface area (Å²) < 4.78 is 0. The van der Waals surface area contributed by atoms with E-state index in [1.165, 1.54) is 0 Å². The van der Waals surface area contributed by atoms with Crippen LogP contribution in [0.15, 0.2) is 11.1 Å². The lowest BCUT2D eigenvalue weighted by atomic mass is 9.71. The monoisotopic (exact) mass is 205 g/mol. The van der Waals surface area contributed by atoms with Crippen LogP contribution in [0.5, 0.6) is 0 Å². The van der Waals surface area contributed by atoms with Gasteiger partial charge in [-0.15, -0.1) is 0 Å². The van der Waals surface area contributed by atoms with Crippen molar-refractivity contribution in [1.29, 1.82) is 5.26 Å². The summed E-state index contributed by atoms with van der Waals surface area (Å²) in [5, 5.41) is 8.76. The first-order chi connectivity index (χ1) is 6.99. The van der Waals surface area contributed by atoms with Crippen LogP contribution in [0.3, 0.4) is 0 Å². The summed E-state index contributed by atoms with van der Waals surface area (Å²) in [7, 11) is 0. The number of nitrogens with zero attached hydrogens (tertiary/aromatic N) is 1. The fraction of sp³-hybridized carbons (Fsp3) is 0.692. The van der Waals surface area contributed by atoms with Gasteiger partial charge < -0.3 is 0 Å². The minimum absolute atomic E-state index is 0.347. The van der Waals surface area contributed by atoms with Crippen molar-refractivity contribution in [2.24, 2.45) is 11.3 Å². The number of hydrogen-bond acceptors (Lipinski definition) is 2. The molecule has 0 aromatic rings. The molecule has 2 heteroatoms. The second-order valence-electron chi connectivity index (χ2n) is 5.39. The number of allylic oxidation sites excluding steroid dienone is 2. The van der Waals surface area contributed by atoms with Crippen LogP contribution in [0.1, 0.15) is 46.5 Å². The summed E-state index contributed by atoms with van der Waals surface area (Å²) in [5.41, 5.74) is 1.77. The Morgan fingerprint density at radius 1 is 1.40 bits per heavy atom. The Kier molecular flexibility index (Phi) is 3.68. The van der Waals surface area contributed by atoms with Crippen LogP contribution in [0.25, 0.3) is 0 Å². The fourth-order valence-corrected chi connectivity index (χ4v) is 2.29. The van der Waals surface area contributed by atoms with Crippen LogP contribution in [0, 0.1) is 22.7 Å². The molecule has 82 valence electrons. The predicted octanol–water partition coefficient (Wildman–Crippen LogP) is 3.24. The van der Waals surface area contributed by atoms with Crippen molar-refractivity contribution >= 4 is 6.29 Å². The molecular formula is C13H19NO. The molecule has 0 bridgehead atoms. The van der Waals surface area contributed by atoms with E-state index in [1.54, 1.807) is 0 Å².